The van der Waals surface area contributed by atoms with Crippen molar-refractivity contribution in [2.75, 3.05) is 13.1 Å². The second kappa shape index (κ2) is 9.43. The number of hydrogen-bond acceptors (Lipinski definition) is 4. The largest absolute Gasteiger partial charge is 0.342 e. The van der Waals surface area contributed by atoms with Crippen LogP contribution in [0.25, 0.3) is 0 Å². The van der Waals surface area contributed by atoms with Crippen molar-refractivity contribution >= 4 is 17.7 Å². The van der Waals surface area contributed by atoms with Gasteiger partial charge in [-0.3, -0.25) is 4.79 Å². The number of carbonyl (C=O) groups is 1. The normalized spacial score (nSPS) is 16.6. The lowest BCUT2D eigenvalue weighted by Gasteiger charge is -2.32. The fourth-order valence-electron chi connectivity index (χ4n) is 3.83. The molecule has 2 heterocycles. The van der Waals surface area contributed by atoms with E-state index in [1.54, 1.807) is 23.9 Å². The summed E-state index contributed by atoms with van der Waals surface area (Å²) < 4.78 is 15.2. The lowest BCUT2D eigenvalue weighted by molar-refractivity contribution is -0.131. The molecule has 1 aromatic heterocycles. The van der Waals surface area contributed by atoms with Crippen LogP contribution in [0.15, 0.2) is 59.8 Å². The van der Waals surface area contributed by atoms with Gasteiger partial charge in [0.05, 0.1) is 6.42 Å². The standard InChI is InChI=1S/C23H25FN4OS/c1-27-22(25-26-23(27)30-16-18-6-3-2-4-7-18)19-8-5-13-28(15-19)21(29)14-17-9-11-20(24)12-10-17/h2-4,6-7,9-12,19H,5,8,13-16H2,1H3. The van der Waals surface area contributed by atoms with Gasteiger partial charge < -0.3 is 9.47 Å². The number of halogens is 1. The minimum Gasteiger partial charge on any atom is -0.342 e. The van der Waals surface area contributed by atoms with Crippen LogP contribution in [-0.4, -0.2) is 38.7 Å². The molecule has 0 radical (unpaired) electrons. The van der Waals surface area contributed by atoms with Crippen LogP contribution < -0.4 is 0 Å². The van der Waals surface area contributed by atoms with E-state index in [0.717, 1.165) is 41.7 Å². The summed E-state index contributed by atoms with van der Waals surface area (Å²) in [7, 11) is 2.00. The molecule has 0 N–H and O–H groups in total. The van der Waals surface area contributed by atoms with Gasteiger partial charge in [-0.25, -0.2) is 4.39 Å². The Bertz CT molecular complexity index is 990. The second-order valence-corrected chi connectivity index (χ2v) is 8.60. The molecule has 1 saturated heterocycles. The average Bonchev–Trinajstić information content (AvgIpc) is 3.15. The summed E-state index contributed by atoms with van der Waals surface area (Å²) in [6.45, 7) is 1.40. The number of likely N-dealkylation sites (tertiary alicyclic amines) is 1. The quantitative estimate of drug-likeness (QED) is 0.557. The molecule has 1 fully saturated rings. The maximum atomic E-state index is 13.1. The zero-order valence-electron chi connectivity index (χ0n) is 17.0. The van der Waals surface area contributed by atoms with Crippen LogP contribution in [0.1, 0.15) is 35.7 Å². The van der Waals surface area contributed by atoms with Gasteiger partial charge in [0, 0.05) is 31.8 Å². The third-order valence-corrected chi connectivity index (χ3v) is 6.58. The Morgan fingerprint density at radius 3 is 2.63 bits per heavy atom. The maximum absolute atomic E-state index is 13.1. The Labute approximate surface area is 180 Å². The van der Waals surface area contributed by atoms with E-state index in [1.807, 2.05) is 30.1 Å². The van der Waals surface area contributed by atoms with Gasteiger partial charge in [-0.05, 0) is 36.1 Å². The average molecular weight is 425 g/mol. The summed E-state index contributed by atoms with van der Waals surface area (Å²) >= 11 is 1.67. The minimum atomic E-state index is -0.285. The first-order valence-corrected chi connectivity index (χ1v) is 11.2. The van der Waals surface area contributed by atoms with E-state index in [0.29, 0.717) is 13.0 Å². The molecule has 5 nitrogen and oxygen atoms in total. The number of carbonyl (C=O) groups excluding carboxylic acids is 1. The van der Waals surface area contributed by atoms with Crippen LogP contribution in [-0.2, 0) is 24.0 Å². The maximum Gasteiger partial charge on any atom is 0.227 e. The van der Waals surface area contributed by atoms with Crippen molar-refractivity contribution in [3.05, 3.63) is 77.4 Å². The molecule has 0 aliphatic carbocycles. The zero-order chi connectivity index (χ0) is 20.9. The Hall–Kier alpha value is -2.67. The molecule has 4 rings (SSSR count). The molecule has 0 bridgehead atoms. The number of aromatic nitrogens is 3. The highest BCUT2D eigenvalue weighted by Gasteiger charge is 2.28. The fourth-order valence-corrected chi connectivity index (χ4v) is 4.71. The molecule has 1 amide bonds. The second-order valence-electron chi connectivity index (χ2n) is 7.66. The van der Waals surface area contributed by atoms with Crippen LogP contribution in [0.5, 0.6) is 0 Å². The first-order chi connectivity index (χ1) is 14.6. The number of amides is 1. The highest BCUT2D eigenvalue weighted by Crippen LogP contribution is 2.29. The zero-order valence-corrected chi connectivity index (χ0v) is 17.8. The third-order valence-electron chi connectivity index (χ3n) is 5.49. The summed E-state index contributed by atoms with van der Waals surface area (Å²) in [5, 5.41) is 9.73. The van der Waals surface area contributed by atoms with E-state index in [-0.39, 0.29) is 17.6 Å². The Morgan fingerprint density at radius 1 is 1.10 bits per heavy atom. The van der Waals surface area contributed by atoms with Gasteiger partial charge >= 0.3 is 0 Å². The van der Waals surface area contributed by atoms with Gasteiger partial charge in [0.15, 0.2) is 5.16 Å². The minimum absolute atomic E-state index is 0.0761. The predicted octanol–water partition coefficient (Wildman–Crippen LogP) is 4.20. The van der Waals surface area contributed by atoms with Crippen LogP contribution >= 0.6 is 11.8 Å². The van der Waals surface area contributed by atoms with E-state index in [2.05, 4.69) is 26.9 Å². The van der Waals surface area contributed by atoms with Crippen LogP contribution in [0.4, 0.5) is 4.39 Å². The number of rotatable bonds is 6. The molecule has 1 unspecified atom stereocenters. The SMILES string of the molecule is Cn1c(SCc2ccccc2)nnc1C1CCCN(C(=O)Cc2ccc(F)cc2)C1. The molecular weight excluding hydrogens is 399 g/mol. The van der Waals surface area contributed by atoms with Crippen LogP contribution in [0.3, 0.4) is 0 Å². The van der Waals surface area contributed by atoms with Crippen molar-refractivity contribution in [1.82, 2.24) is 19.7 Å². The number of hydrogen-bond donors (Lipinski definition) is 0. The highest BCUT2D eigenvalue weighted by atomic mass is 32.2. The van der Waals surface area contributed by atoms with E-state index >= 15 is 0 Å². The van der Waals surface area contributed by atoms with Crippen LogP contribution in [0.2, 0.25) is 0 Å². The molecule has 156 valence electrons. The molecule has 2 aromatic carbocycles. The molecule has 1 aliphatic heterocycles. The van der Waals surface area contributed by atoms with Crippen molar-refractivity contribution < 1.29 is 9.18 Å². The molecule has 0 spiro atoms. The summed E-state index contributed by atoms with van der Waals surface area (Å²) in [6.07, 6.45) is 2.23. The van der Waals surface area contributed by atoms with Crippen molar-refractivity contribution in [1.29, 1.82) is 0 Å². The van der Waals surface area contributed by atoms with Gasteiger partial charge in [0.25, 0.3) is 0 Å². The van der Waals surface area contributed by atoms with E-state index in [9.17, 15) is 9.18 Å². The van der Waals surface area contributed by atoms with E-state index in [1.165, 1.54) is 17.7 Å². The molecule has 30 heavy (non-hydrogen) atoms. The highest BCUT2D eigenvalue weighted by molar-refractivity contribution is 7.98. The van der Waals surface area contributed by atoms with E-state index < -0.39 is 0 Å². The van der Waals surface area contributed by atoms with Gasteiger partial charge in [0.2, 0.25) is 5.91 Å². The van der Waals surface area contributed by atoms with Gasteiger partial charge in [-0.2, -0.15) is 0 Å². The fraction of sp³-hybridized carbons (Fsp3) is 0.348. The summed E-state index contributed by atoms with van der Waals surface area (Å²) in [5.74, 6) is 1.75. The van der Waals surface area contributed by atoms with Crippen LogP contribution in [0, 0.1) is 5.82 Å². The molecule has 0 saturated carbocycles. The summed E-state index contributed by atoms with van der Waals surface area (Å²) in [6, 6.07) is 16.5. The number of piperidine rings is 1. The molecule has 1 atom stereocenters. The first kappa shape index (κ1) is 20.6. The first-order valence-electron chi connectivity index (χ1n) is 10.2. The molecule has 7 heteroatoms. The Balaban J connectivity index is 1.38. The number of thioether (sulfide) groups is 1. The van der Waals surface area contributed by atoms with Crippen molar-refractivity contribution in [3.63, 3.8) is 0 Å². The topological polar surface area (TPSA) is 51.0 Å². The van der Waals surface area contributed by atoms with Gasteiger partial charge in [0.1, 0.15) is 11.6 Å². The lowest BCUT2D eigenvalue weighted by atomic mass is 9.96. The molecule has 3 aromatic rings. The molecular formula is C23H25FN4OS. The monoisotopic (exact) mass is 424 g/mol. The molecule has 1 aliphatic rings. The van der Waals surface area contributed by atoms with E-state index in [4.69, 9.17) is 0 Å². The predicted molar refractivity (Wildman–Crippen MR) is 116 cm³/mol. The Kier molecular flexibility index (Phi) is 6.47. The Morgan fingerprint density at radius 2 is 1.87 bits per heavy atom. The van der Waals surface area contributed by atoms with Crippen molar-refractivity contribution in [2.45, 2.75) is 36.1 Å². The van der Waals surface area contributed by atoms with Crippen molar-refractivity contribution in [3.8, 4) is 0 Å². The number of nitrogens with zero attached hydrogens (tertiary/aromatic N) is 4. The summed E-state index contributed by atoms with van der Waals surface area (Å²) in [5.41, 5.74) is 2.09. The smallest absolute Gasteiger partial charge is 0.227 e. The number of benzene rings is 2. The van der Waals surface area contributed by atoms with Gasteiger partial charge in [-0.15, -0.1) is 10.2 Å². The van der Waals surface area contributed by atoms with Crippen molar-refractivity contribution in [2.24, 2.45) is 7.05 Å². The van der Waals surface area contributed by atoms with Gasteiger partial charge in [-0.1, -0.05) is 54.2 Å². The summed E-state index contributed by atoms with van der Waals surface area (Å²) in [4.78, 5) is 14.7. The third kappa shape index (κ3) is 4.90. The lowest BCUT2D eigenvalue weighted by Crippen LogP contribution is -2.40.